The van der Waals surface area contributed by atoms with Gasteiger partial charge in [0.05, 0.1) is 5.92 Å². The Morgan fingerprint density at radius 1 is 1.27 bits per heavy atom. The average molecular weight is 313 g/mol. The Kier molecular flexibility index (Phi) is 5.71. The molecular weight excluding hydrogens is 292 g/mol. The minimum absolute atomic E-state index is 0.138. The van der Waals surface area contributed by atoms with Crippen molar-refractivity contribution in [3.8, 4) is 5.75 Å². The highest BCUT2D eigenvalue weighted by molar-refractivity contribution is 5.70. The van der Waals surface area contributed by atoms with Gasteiger partial charge in [-0.3, -0.25) is 4.79 Å². The number of aliphatic carboxylic acids is 1. The average Bonchev–Trinajstić information content (AvgIpc) is 2.47. The molecule has 22 heavy (non-hydrogen) atoms. The number of nitrogens with one attached hydrogen (secondary N) is 1. The van der Waals surface area contributed by atoms with E-state index in [1.165, 1.54) is 6.07 Å². The fourth-order valence-corrected chi connectivity index (χ4v) is 2.99. The first-order valence-corrected chi connectivity index (χ1v) is 7.50. The van der Waals surface area contributed by atoms with Crippen molar-refractivity contribution < 1.29 is 23.4 Å². The number of carbonyl (C=O) groups is 1. The van der Waals surface area contributed by atoms with Crippen LogP contribution in [0.5, 0.6) is 5.75 Å². The van der Waals surface area contributed by atoms with E-state index in [0.29, 0.717) is 18.4 Å². The van der Waals surface area contributed by atoms with Crippen molar-refractivity contribution in [2.75, 3.05) is 0 Å². The van der Waals surface area contributed by atoms with Crippen LogP contribution in [-0.2, 0) is 4.79 Å². The molecule has 1 aliphatic carbocycles. The van der Waals surface area contributed by atoms with E-state index in [1.54, 1.807) is 18.2 Å². The van der Waals surface area contributed by atoms with Crippen molar-refractivity contribution in [1.82, 2.24) is 5.32 Å². The molecule has 2 rings (SSSR count). The number of rotatable bonds is 6. The van der Waals surface area contributed by atoms with Gasteiger partial charge >= 0.3 is 12.6 Å². The molecule has 4 nitrogen and oxygen atoms in total. The second-order valence-electron chi connectivity index (χ2n) is 5.69. The maximum atomic E-state index is 12.4. The van der Waals surface area contributed by atoms with Crippen molar-refractivity contribution in [3.05, 3.63) is 29.8 Å². The van der Waals surface area contributed by atoms with Gasteiger partial charge in [0.25, 0.3) is 0 Å². The number of carboxylic acid groups (broad SMARTS) is 1. The van der Waals surface area contributed by atoms with Crippen molar-refractivity contribution in [1.29, 1.82) is 0 Å². The van der Waals surface area contributed by atoms with Crippen molar-refractivity contribution in [3.63, 3.8) is 0 Å². The number of hydrogen-bond acceptors (Lipinski definition) is 3. The summed E-state index contributed by atoms with van der Waals surface area (Å²) in [4.78, 5) is 10.9. The highest BCUT2D eigenvalue weighted by Gasteiger charge is 2.27. The highest BCUT2D eigenvalue weighted by Crippen LogP contribution is 2.30. The smallest absolute Gasteiger partial charge is 0.387 e. The van der Waals surface area contributed by atoms with E-state index < -0.39 is 12.6 Å². The Hall–Kier alpha value is -1.69. The van der Waals surface area contributed by atoms with Gasteiger partial charge in [0.1, 0.15) is 5.75 Å². The van der Waals surface area contributed by atoms with Gasteiger partial charge in [0, 0.05) is 17.6 Å². The Labute approximate surface area is 128 Å². The van der Waals surface area contributed by atoms with E-state index in [2.05, 4.69) is 10.1 Å². The van der Waals surface area contributed by atoms with Crippen LogP contribution in [0.25, 0.3) is 0 Å². The van der Waals surface area contributed by atoms with Crippen LogP contribution >= 0.6 is 0 Å². The second kappa shape index (κ2) is 7.54. The zero-order chi connectivity index (χ0) is 16.1. The number of carboxylic acids is 1. The van der Waals surface area contributed by atoms with Crippen LogP contribution in [0.3, 0.4) is 0 Å². The SMILES string of the molecule is CC(NC1CCC(C(=O)O)CC1)c1ccccc1OC(F)F. The number of halogens is 2. The largest absolute Gasteiger partial charge is 0.481 e. The maximum absolute atomic E-state index is 12.4. The first-order chi connectivity index (χ1) is 10.5. The van der Waals surface area contributed by atoms with E-state index in [4.69, 9.17) is 5.11 Å². The lowest BCUT2D eigenvalue weighted by molar-refractivity contribution is -0.142. The van der Waals surface area contributed by atoms with Gasteiger partial charge < -0.3 is 15.2 Å². The molecule has 1 aromatic carbocycles. The van der Waals surface area contributed by atoms with E-state index in [0.717, 1.165) is 12.8 Å². The van der Waals surface area contributed by atoms with Crippen LogP contribution < -0.4 is 10.1 Å². The highest BCUT2D eigenvalue weighted by atomic mass is 19.3. The molecule has 0 bridgehead atoms. The van der Waals surface area contributed by atoms with Gasteiger partial charge in [-0.2, -0.15) is 8.78 Å². The molecule has 0 heterocycles. The lowest BCUT2D eigenvalue weighted by Crippen LogP contribution is -2.36. The fourth-order valence-electron chi connectivity index (χ4n) is 2.99. The maximum Gasteiger partial charge on any atom is 0.387 e. The number of hydrogen-bond donors (Lipinski definition) is 2. The Balaban J connectivity index is 1.95. The van der Waals surface area contributed by atoms with Gasteiger partial charge in [0.2, 0.25) is 0 Å². The van der Waals surface area contributed by atoms with Crippen molar-refractivity contribution >= 4 is 5.97 Å². The second-order valence-corrected chi connectivity index (χ2v) is 5.69. The summed E-state index contributed by atoms with van der Waals surface area (Å²) in [5.74, 6) is -0.818. The summed E-state index contributed by atoms with van der Waals surface area (Å²) in [6.07, 6.45) is 2.85. The fraction of sp³-hybridized carbons (Fsp3) is 0.562. The molecule has 122 valence electrons. The van der Waals surface area contributed by atoms with Crippen LogP contribution in [-0.4, -0.2) is 23.7 Å². The molecule has 0 radical (unpaired) electrons. The van der Waals surface area contributed by atoms with Gasteiger partial charge in [0.15, 0.2) is 0 Å². The quantitative estimate of drug-likeness (QED) is 0.843. The number of para-hydroxylation sites is 1. The van der Waals surface area contributed by atoms with E-state index >= 15 is 0 Å². The van der Waals surface area contributed by atoms with Crippen LogP contribution in [0.1, 0.15) is 44.2 Å². The minimum Gasteiger partial charge on any atom is -0.481 e. The molecule has 1 unspecified atom stereocenters. The normalized spacial score (nSPS) is 23.3. The molecule has 0 aliphatic heterocycles. The predicted octanol–water partition coefficient (Wildman–Crippen LogP) is 3.58. The molecule has 0 aromatic heterocycles. The summed E-state index contributed by atoms with van der Waals surface area (Å²) in [5, 5.41) is 12.4. The Morgan fingerprint density at radius 2 is 1.91 bits per heavy atom. The van der Waals surface area contributed by atoms with Crippen molar-refractivity contribution in [2.45, 2.75) is 51.3 Å². The molecular formula is C16H21F2NO3. The lowest BCUT2D eigenvalue weighted by Gasteiger charge is -2.30. The van der Waals surface area contributed by atoms with Crippen LogP contribution in [0.4, 0.5) is 8.78 Å². The van der Waals surface area contributed by atoms with Gasteiger partial charge in [-0.05, 0) is 38.7 Å². The minimum atomic E-state index is -2.85. The molecule has 0 saturated heterocycles. The zero-order valence-electron chi connectivity index (χ0n) is 12.5. The van der Waals surface area contributed by atoms with E-state index in [1.807, 2.05) is 6.92 Å². The molecule has 0 amide bonds. The standard InChI is InChI=1S/C16H21F2NO3/c1-10(13-4-2-3-5-14(13)22-16(17)18)19-12-8-6-11(7-9-12)15(20)21/h2-5,10-12,16,19H,6-9H2,1H3,(H,20,21). The lowest BCUT2D eigenvalue weighted by atomic mass is 9.85. The van der Waals surface area contributed by atoms with Crippen LogP contribution in [0.15, 0.2) is 24.3 Å². The molecule has 1 aromatic rings. The molecule has 1 saturated carbocycles. The monoisotopic (exact) mass is 313 g/mol. The number of benzene rings is 1. The topological polar surface area (TPSA) is 58.6 Å². The molecule has 2 N–H and O–H groups in total. The molecule has 1 atom stereocenters. The number of ether oxygens (including phenoxy) is 1. The molecule has 6 heteroatoms. The zero-order valence-corrected chi connectivity index (χ0v) is 12.5. The Bertz CT molecular complexity index is 502. The van der Waals surface area contributed by atoms with E-state index in [9.17, 15) is 13.6 Å². The van der Waals surface area contributed by atoms with Crippen LogP contribution in [0, 0.1) is 5.92 Å². The summed E-state index contributed by atoms with van der Waals surface area (Å²) < 4.78 is 29.4. The first kappa shape index (κ1) is 16.7. The summed E-state index contributed by atoms with van der Waals surface area (Å²) in [6, 6.07) is 6.80. The third-order valence-electron chi connectivity index (χ3n) is 4.16. The molecule has 1 fully saturated rings. The van der Waals surface area contributed by atoms with Gasteiger partial charge in [-0.15, -0.1) is 0 Å². The third kappa shape index (κ3) is 4.40. The third-order valence-corrected chi connectivity index (χ3v) is 4.16. The summed E-state index contributed by atoms with van der Waals surface area (Å²) in [7, 11) is 0. The summed E-state index contributed by atoms with van der Waals surface area (Å²) in [6.45, 7) is -0.948. The summed E-state index contributed by atoms with van der Waals surface area (Å²) in [5.41, 5.74) is 0.683. The van der Waals surface area contributed by atoms with Crippen molar-refractivity contribution in [2.24, 2.45) is 5.92 Å². The predicted molar refractivity (Wildman–Crippen MR) is 78.0 cm³/mol. The Morgan fingerprint density at radius 3 is 2.50 bits per heavy atom. The van der Waals surface area contributed by atoms with Gasteiger partial charge in [-0.25, -0.2) is 0 Å². The van der Waals surface area contributed by atoms with Gasteiger partial charge in [-0.1, -0.05) is 18.2 Å². The number of alkyl halides is 2. The van der Waals surface area contributed by atoms with Crippen LogP contribution in [0.2, 0.25) is 0 Å². The first-order valence-electron chi connectivity index (χ1n) is 7.50. The van der Waals surface area contributed by atoms with E-state index in [-0.39, 0.29) is 23.8 Å². The summed E-state index contributed by atoms with van der Waals surface area (Å²) >= 11 is 0. The molecule has 0 spiro atoms. The molecule has 1 aliphatic rings.